The second-order valence-electron chi connectivity index (χ2n) is 4.00. The largest absolute Gasteiger partial charge is 0.573 e. The van der Waals surface area contributed by atoms with Crippen molar-refractivity contribution in [3.63, 3.8) is 0 Å². The minimum Gasteiger partial charge on any atom is -0.481 e. The van der Waals surface area contributed by atoms with E-state index >= 15 is 0 Å². The van der Waals surface area contributed by atoms with Gasteiger partial charge >= 0.3 is 12.3 Å². The molecule has 0 aliphatic carbocycles. The number of hydrogen-bond donors (Lipinski definition) is 1. The van der Waals surface area contributed by atoms with Crippen LogP contribution in [0.5, 0.6) is 5.75 Å². The molecule has 0 fully saturated rings. The first-order chi connectivity index (χ1) is 7.63. The summed E-state index contributed by atoms with van der Waals surface area (Å²) in [6.07, 6.45) is -4.75. The molecule has 17 heavy (non-hydrogen) atoms. The molecule has 0 amide bonds. The normalized spacial score (nSPS) is 12.3. The lowest BCUT2D eigenvalue weighted by Gasteiger charge is -2.20. The Balaban J connectivity index is 2.93. The van der Waals surface area contributed by atoms with Crippen molar-refractivity contribution in [2.45, 2.75) is 25.6 Å². The van der Waals surface area contributed by atoms with Crippen molar-refractivity contribution in [2.75, 3.05) is 0 Å². The van der Waals surface area contributed by atoms with E-state index in [1.165, 1.54) is 26.0 Å². The number of carboxylic acid groups (broad SMARTS) is 1. The van der Waals surface area contributed by atoms with Gasteiger partial charge in [0.15, 0.2) is 0 Å². The predicted octanol–water partition coefficient (Wildman–Crippen LogP) is 2.95. The van der Waals surface area contributed by atoms with Gasteiger partial charge in [0.25, 0.3) is 0 Å². The van der Waals surface area contributed by atoms with E-state index in [1.807, 2.05) is 0 Å². The van der Waals surface area contributed by atoms with E-state index in [2.05, 4.69) is 4.74 Å². The number of carboxylic acids is 1. The maximum absolute atomic E-state index is 11.9. The molecule has 0 bridgehead atoms. The van der Waals surface area contributed by atoms with Crippen LogP contribution in [0.2, 0.25) is 0 Å². The Hall–Kier alpha value is -1.72. The standard InChI is InChI=1S/C11H11F3O3/c1-10(2,9(15)16)7-3-5-8(6-4-7)17-11(12,13)14/h3-6H,1-2H3,(H,15,16). The molecule has 0 heterocycles. The lowest BCUT2D eigenvalue weighted by molar-refractivity contribution is -0.274. The molecule has 0 unspecified atom stereocenters. The van der Waals surface area contributed by atoms with Gasteiger partial charge in [-0.1, -0.05) is 12.1 Å². The summed E-state index contributed by atoms with van der Waals surface area (Å²) in [5, 5.41) is 8.94. The molecule has 0 aromatic heterocycles. The molecule has 1 N–H and O–H groups in total. The fraction of sp³-hybridized carbons (Fsp3) is 0.364. The van der Waals surface area contributed by atoms with E-state index < -0.39 is 17.7 Å². The van der Waals surface area contributed by atoms with Crippen molar-refractivity contribution in [2.24, 2.45) is 0 Å². The van der Waals surface area contributed by atoms with Crippen molar-refractivity contribution in [3.8, 4) is 5.75 Å². The molecule has 1 aromatic rings. The smallest absolute Gasteiger partial charge is 0.481 e. The zero-order chi connectivity index (χ0) is 13.3. The van der Waals surface area contributed by atoms with Crippen molar-refractivity contribution in [3.05, 3.63) is 29.8 Å². The lowest BCUT2D eigenvalue weighted by atomic mass is 9.85. The summed E-state index contributed by atoms with van der Waals surface area (Å²) in [5.74, 6) is -1.43. The molecule has 0 saturated heterocycles. The van der Waals surface area contributed by atoms with Crippen LogP contribution in [0.4, 0.5) is 13.2 Å². The molecule has 1 rings (SSSR count). The van der Waals surface area contributed by atoms with Crippen LogP contribution in [0.15, 0.2) is 24.3 Å². The minimum atomic E-state index is -4.75. The van der Waals surface area contributed by atoms with Crippen LogP contribution in [-0.2, 0) is 10.2 Å². The Morgan fingerprint density at radius 1 is 1.18 bits per heavy atom. The third kappa shape index (κ3) is 3.37. The number of halogens is 3. The first kappa shape index (κ1) is 13.3. The summed E-state index contributed by atoms with van der Waals surface area (Å²) < 4.78 is 39.3. The number of rotatable bonds is 3. The van der Waals surface area contributed by atoms with Gasteiger partial charge in [0, 0.05) is 0 Å². The molecular formula is C11H11F3O3. The molecule has 0 aliphatic heterocycles. The van der Waals surface area contributed by atoms with Crippen molar-refractivity contribution in [1.82, 2.24) is 0 Å². The van der Waals surface area contributed by atoms with Gasteiger partial charge in [-0.3, -0.25) is 4.79 Å². The monoisotopic (exact) mass is 248 g/mol. The maximum atomic E-state index is 11.9. The quantitative estimate of drug-likeness (QED) is 0.894. The molecule has 0 aliphatic rings. The zero-order valence-corrected chi connectivity index (χ0v) is 9.21. The van der Waals surface area contributed by atoms with Crippen LogP contribution in [0.3, 0.4) is 0 Å². The van der Waals surface area contributed by atoms with Crippen LogP contribution in [-0.4, -0.2) is 17.4 Å². The Labute approximate surface area is 95.8 Å². The fourth-order valence-electron chi connectivity index (χ4n) is 1.20. The number of ether oxygens (including phenoxy) is 1. The maximum Gasteiger partial charge on any atom is 0.573 e. The van der Waals surface area contributed by atoms with E-state index in [1.54, 1.807) is 0 Å². The first-order valence-corrected chi connectivity index (χ1v) is 4.72. The molecule has 0 spiro atoms. The summed E-state index contributed by atoms with van der Waals surface area (Å²) in [4.78, 5) is 10.9. The number of aliphatic carboxylic acids is 1. The summed E-state index contributed by atoms with van der Waals surface area (Å²) >= 11 is 0. The van der Waals surface area contributed by atoms with Crippen LogP contribution >= 0.6 is 0 Å². The lowest BCUT2D eigenvalue weighted by Crippen LogP contribution is -2.28. The summed E-state index contributed by atoms with van der Waals surface area (Å²) in [6.45, 7) is 2.93. The number of benzene rings is 1. The van der Waals surface area contributed by atoms with Crippen molar-refractivity contribution >= 4 is 5.97 Å². The van der Waals surface area contributed by atoms with E-state index in [-0.39, 0.29) is 5.75 Å². The van der Waals surface area contributed by atoms with E-state index in [0.29, 0.717) is 5.56 Å². The first-order valence-electron chi connectivity index (χ1n) is 4.72. The Morgan fingerprint density at radius 2 is 1.65 bits per heavy atom. The van der Waals surface area contributed by atoms with Crippen molar-refractivity contribution in [1.29, 1.82) is 0 Å². The average molecular weight is 248 g/mol. The molecule has 0 atom stereocenters. The summed E-state index contributed by atoms with van der Waals surface area (Å²) in [5.41, 5.74) is -0.754. The van der Waals surface area contributed by atoms with Crippen LogP contribution in [0, 0.1) is 0 Å². The second kappa shape index (κ2) is 4.27. The van der Waals surface area contributed by atoms with Gasteiger partial charge in [0.2, 0.25) is 0 Å². The van der Waals surface area contributed by atoms with Crippen LogP contribution in [0.25, 0.3) is 0 Å². The molecule has 1 aromatic carbocycles. The molecule has 6 heteroatoms. The van der Waals surface area contributed by atoms with E-state index in [9.17, 15) is 18.0 Å². The minimum absolute atomic E-state index is 0.373. The molecule has 0 radical (unpaired) electrons. The Bertz CT molecular complexity index is 407. The average Bonchev–Trinajstić information content (AvgIpc) is 2.15. The van der Waals surface area contributed by atoms with Crippen LogP contribution < -0.4 is 4.74 Å². The highest BCUT2D eigenvalue weighted by Crippen LogP contribution is 2.27. The highest BCUT2D eigenvalue weighted by molar-refractivity contribution is 5.80. The van der Waals surface area contributed by atoms with Gasteiger partial charge in [-0.25, -0.2) is 0 Å². The van der Waals surface area contributed by atoms with Gasteiger partial charge in [-0.15, -0.1) is 13.2 Å². The topological polar surface area (TPSA) is 46.5 Å². The molecular weight excluding hydrogens is 237 g/mol. The highest BCUT2D eigenvalue weighted by atomic mass is 19.4. The zero-order valence-electron chi connectivity index (χ0n) is 9.21. The third-order valence-electron chi connectivity index (χ3n) is 2.34. The molecule has 0 saturated carbocycles. The second-order valence-corrected chi connectivity index (χ2v) is 4.00. The van der Waals surface area contributed by atoms with Gasteiger partial charge in [-0.2, -0.15) is 0 Å². The predicted molar refractivity (Wildman–Crippen MR) is 53.8 cm³/mol. The third-order valence-corrected chi connectivity index (χ3v) is 2.34. The van der Waals surface area contributed by atoms with Gasteiger partial charge in [0.05, 0.1) is 5.41 Å². The van der Waals surface area contributed by atoms with Gasteiger partial charge in [-0.05, 0) is 31.5 Å². The Morgan fingerprint density at radius 3 is 2.00 bits per heavy atom. The Kier molecular flexibility index (Phi) is 3.35. The molecule has 94 valence electrons. The number of alkyl halides is 3. The summed E-state index contributed by atoms with van der Waals surface area (Å²) in [7, 11) is 0. The highest BCUT2D eigenvalue weighted by Gasteiger charge is 2.32. The van der Waals surface area contributed by atoms with E-state index in [4.69, 9.17) is 5.11 Å². The van der Waals surface area contributed by atoms with Gasteiger partial charge in [0.1, 0.15) is 5.75 Å². The molecule has 3 nitrogen and oxygen atoms in total. The fourth-order valence-corrected chi connectivity index (χ4v) is 1.20. The SMILES string of the molecule is CC(C)(C(=O)O)c1ccc(OC(F)(F)F)cc1. The van der Waals surface area contributed by atoms with Crippen molar-refractivity contribution < 1.29 is 27.8 Å². The van der Waals surface area contributed by atoms with Crippen LogP contribution in [0.1, 0.15) is 19.4 Å². The number of carbonyl (C=O) groups is 1. The summed E-state index contributed by atoms with van der Waals surface area (Å²) in [6, 6.07) is 4.78. The number of hydrogen-bond acceptors (Lipinski definition) is 2. The van der Waals surface area contributed by atoms with E-state index in [0.717, 1.165) is 12.1 Å². The van der Waals surface area contributed by atoms with Gasteiger partial charge < -0.3 is 9.84 Å².